The van der Waals surface area contributed by atoms with Crippen LogP contribution in [0.25, 0.3) is 5.76 Å². The molecule has 2 heterocycles. The lowest BCUT2D eigenvalue weighted by atomic mass is 9.95. The SMILES string of the molecule is CCOc1ccc(/C(O)=C2\C(=O)C(=O)N(c3nnc(C)s3)C2c2ccccc2)cc1. The van der Waals surface area contributed by atoms with Crippen molar-refractivity contribution in [1.29, 1.82) is 0 Å². The predicted octanol–water partition coefficient (Wildman–Crippen LogP) is 3.87. The predicted molar refractivity (Wildman–Crippen MR) is 113 cm³/mol. The number of ether oxygens (including phenoxy) is 1. The topological polar surface area (TPSA) is 92.6 Å². The van der Waals surface area contributed by atoms with Crippen molar-refractivity contribution < 1.29 is 19.4 Å². The van der Waals surface area contributed by atoms with E-state index in [-0.39, 0.29) is 11.3 Å². The van der Waals surface area contributed by atoms with Crippen LogP contribution >= 0.6 is 11.3 Å². The number of Topliss-reactive ketones (excluding diaryl/α,β-unsaturated/α-hetero) is 1. The third-order valence-corrected chi connectivity index (χ3v) is 5.56. The van der Waals surface area contributed by atoms with Gasteiger partial charge in [-0.15, -0.1) is 10.2 Å². The molecule has 1 amide bonds. The normalized spacial score (nSPS) is 18.1. The van der Waals surface area contributed by atoms with Gasteiger partial charge in [0.15, 0.2) is 0 Å². The minimum atomic E-state index is -0.801. The smallest absolute Gasteiger partial charge is 0.301 e. The number of carbonyl (C=O) groups excluding carboxylic acids is 2. The molecule has 2 aromatic carbocycles. The van der Waals surface area contributed by atoms with E-state index in [0.717, 1.165) is 0 Å². The molecule has 30 heavy (non-hydrogen) atoms. The number of aliphatic hydroxyl groups is 1. The highest BCUT2D eigenvalue weighted by Gasteiger charge is 2.48. The van der Waals surface area contributed by atoms with E-state index in [1.165, 1.54) is 16.2 Å². The fraction of sp³-hybridized carbons (Fsp3) is 0.182. The Labute approximate surface area is 177 Å². The summed E-state index contributed by atoms with van der Waals surface area (Å²) in [5.74, 6) is -1.09. The van der Waals surface area contributed by atoms with E-state index in [1.54, 1.807) is 31.2 Å². The van der Waals surface area contributed by atoms with Crippen molar-refractivity contribution in [3.8, 4) is 5.75 Å². The summed E-state index contributed by atoms with van der Waals surface area (Å²) in [7, 11) is 0. The number of anilines is 1. The van der Waals surface area contributed by atoms with E-state index in [9.17, 15) is 14.7 Å². The van der Waals surface area contributed by atoms with Crippen LogP contribution in [0.3, 0.4) is 0 Å². The van der Waals surface area contributed by atoms with E-state index in [0.29, 0.717) is 33.6 Å². The molecule has 0 saturated carbocycles. The number of ketones is 1. The second kappa shape index (κ2) is 8.08. The molecule has 1 saturated heterocycles. The first-order valence-corrected chi connectivity index (χ1v) is 10.2. The van der Waals surface area contributed by atoms with Crippen molar-refractivity contribution in [2.24, 2.45) is 0 Å². The van der Waals surface area contributed by atoms with E-state index in [1.807, 2.05) is 37.3 Å². The van der Waals surface area contributed by atoms with Crippen LogP contribution in [-0.4, -0.2) is 33.6 Å². The Morgan fingerprint density at radius 3 is 2.40 bits per heavy atom. The zero-order chi connectivity index (χ0) is 21.3. The van der Waals surface area contributed by atoms with E-state index in [4.69, 9.17) is 4.74 Å². The lowest BCUT2D eigenvalue weighted by Crippen LogP contribution is -2.29. The lowest BCUT2D eigenvalue weighted by Gasteiger charge is -2.22. The number of aryl methyl sites for hydroxylation is 1. The molecule has 1 aliphatic rings. The van der Waals surface area contributed by atoms with Crippen molar-refractivity contribution in [3.05, 3.63) is 76.3 Å². The van der Waals surface area contributed by atoms with E-state index >= 15 is 0 Å². The van der Waals surface area contributed by atoms with Crippen LogP contribution in [0.1, 0.15) is 29.1 Å². The molecule has 1 aromatic heterocycles. The summed E-state index contributed by atoms with van der Waals surface area (Å²) >= 11 is 1.22. The van der Waals surface area contributed by atoms with Gasteiger partial charge in [-0.1, -0.05) is 41.7 Å². The fourth-order valence-electron chi connectivity index (χ4n) is 3.40. The maximum Gasteiger partial charge on any atom is 0.301 e. The largest absolute Gasteiger partial charge is 0.507 e. The maximum atomic E-state index is 13.0. The van der Waals surface area contributed by atoms with Gasteiger partial charge < -0.3 is 9.84 Å². The van der Waals surface area contributed by atoms with Gasteiger partial charge in [-0.3, -0.25) is 14.5 Å². The van der Waals surface area contributed by atoms with Crippen LogP contribution in [0.4, 0.5) is 5.13 Å². The molecule has 1 atom stereocenters. The monoisotopic (exact) mass is 421 g/mol. The molecule has 3 aromatic rings. The average Bonchev–Trinajstić information content (AvgIpc) is 3.30. The molecule has 0 aliphatic carbocycles. The van der Waals surface area contributed by atoms with Gasteiger partial charge in [0.05, 0.1) is 18.2 Å². The standard InChI is InChI=1S/C22H19N3O4S/c1-3-29-16-11-9-15(10-12-16)19(26)17-18(14-7-5-4-6-8-14)25(21(28)20(17)27)22-24-23-13(2)30-22/h4-12,18,26H,3H2,1-2H3/b19-17+. The number of benzene rings is 2. The summed E-state index contributed by atoms with van der Waals surface area (Å²) in [5, 5.41) is 20.1. The van der Waals surface area contributed by atoms with Gasteiger partial charge in [0.1, 0.15) is 16.5 Å². The van der Waals surface area contributed by atoms with Gasteiger partial charge in [-0.2, -0.15) is 0 Å². The summed E-state index contributed by atoms with van der Waals surface area (Å²) in [6.07, 6.45) is 0. The van der Waals surface area contributed by atoms with Gasteiger partial charge in [0.2, 0.25) is 5.13 Å². The van der Waals surface area contributed by atoms with Crippen LogP contribution in [-0.2, 0) is 9.59 Å². The Hall–Kier alpha value is -3.52. The molecule has 1 aliphatic heterocycles. The Morgan fingerprint density at radius 2 is 1.80 bits per heavy atom. The number of aromatic nitrogens is 2. The van der Waals surface area contributed by atoms with Crippen molar-refractivity contribution in [3.63, 3.8) is 0 Å². The molecule has 7 nitrogen and oxygen atoms in total. The first-order valence-electron chi connectivity index (χ1n) is 9.40. The molecule has 1 unspecified atom stereocenters. The Morgan fingerprint density at radius 1 is 1.10 bits per heavy atom. The molecule has 4 rings (SSSR count). The third-order valence-electron chi connectivity index (χ3n) is 4.72. The number of hydrogen-bond acceptors (Lipinski definition) is 7. The molecule has 8 heteroatoms. The molecule has 1 fully saturated rings. The molecule has 152 valence electrons. The van der Waals surface area contributed by atoms with Crippen molar-refractivity contribution in [1.82, 2.24) is 10.2 Å². The zero-order valence-electron chi connectivity index (χ0n) is 16.4. The van der Waals surface area contributed by atoms with E-state index < -0.39 is 17.7 Å². The van der Waals surface area contributed by atoms with Crippen molar-refractivity contribution in [2.75, 3.05) is 11.5 Å². The van der Waals surface area contributed by atoms with Gasteiger partial charge in [0, 0.05) is 5.56 Å². The number of carbonyl (C=O) groups is 2. The highest BCUT2D eigenvalue weighted by molar-refractivity contribution is 7.15. The molecule has 1 N–H and O–H groups in total. The summed E-state index contributed by atoms with van der Waals surface area (Å²) in [5.41, 5.74) is 1.13. The van der Waals surface area contributed by atoms with Crippen LogP contribution in [0.15, 0.2) is 60.2 Å². The molecule has 0 bridgehead atoms. The zero-order valence-corrected chi connectivity index (χ0v) is 17.2. The number of hydrogen-bond donors (Lipinski definition) is 1. The van der Waals surface area contributed by atoms with Gasteiger partial charge in [-0.25, -0.2) is 0 Å². The van der Waals surface area contributed by atoms with Crippen LogP contribution in [0.5, 0.6) is 5.75 Å². The minimum absolute atomic E-state index is 0.0169. The first-order chi connectivity index (χ1) is 14.5. The minimum Gasteiger partial charge on any atom is -0.507 e. The highest BCUT2D eigenvalue weighted by atomic mass is 32.1. The summed E-state index contributed by atoms with van der Waals surface area (Å²) in [6.45, 7) is 4.17. The number of rotatable bonds is 5. The second-order valence-electron chi connectivity index (χ2n) is 6.64. The highest BCUT2D eigenvalue weighted by Crippen LogP contribution is 2.42. The summed E-state index contributed by atoms with van der Waals surface area (Å²) in [4.78, 5) is 27.2. The van der Waals surface area contributed by atoms with Gasteiger partial charge >= 0.3 is 5.91 Å². The van der Waals surface area contributed by atoms with Gasteiger partial charge in [0.25, 0.3) is 5.78 Å². The molecule has 0 spiro atoms. The average molecular weight is 421 g/mol. The third kappa shape index (κ3) is 3.46. The van der Waals surface area contributed by atoms with Crippen LogP contribution in [0, 0.1) is 6.92 Å². The lowest BCUT2D eigenvalue weighted by molar-refractivity contribution is -0.132. The van der Waals surface area contributed by atoms with Crippen molar-refractivity contribution >= 4 is 33.9 Å². The second-order valence-corrected chi connectivity index (χ2v) is 7.80. The number of amides is 1. The van der Waals surface area contributed by atoms with Crippen molar-refractivity contribution in [2.45, 2.75) is 19.9 Å². The van der Waals surface area contributed by atoms with Gasteiger partial charge in [-0.05, 0) is 43.7 Å². The molecular weight excluding hydrogens is 402 g/mol. The fourth-order valence-corrected chi connectivity index (χ4v) is 4.11. The van der Waals surface area contributed by atoms with E-state index in [2.05, 4.69) is 10.2 Å². The number of nitrogens with zero attached hydrogens (tertiary/aromatic N) is 3. The van der Waals surface area contributed by atoms with Crippen LogP contribution in [0.2, 0.25) is 0 Å². The molecule has 0 radical (unpaired) electrons. The Kier molecular flexibility index (Phi) is 5.33. The Bertz CT molecular complexity index is 1120. The Balaban J connectivity index is 1.87. The number of aliphatic hydroxyl groups excluding tert-OH is 1. The summed E-state index contributed by atoms with van der Waals surface area (Å²) < 4.78 is 5.43. The maximum absolute atomic E-state index is 13.0. The quantitative estimate of drug-likeness (QED) is 0.382. The van der Waals surface area contributed by atoms with Crippen LogP contribution < -0.4 is 9.64 Å². The summed E-state index contributed by atoms with van der Waals surface area (Å²) in [6, 6.07) is 15.0. The first kappa shape index (κ1) is 19.8. The molecular formula is C22H19N3O4S.